The summed E-state index contributed by atoms with van der Waals surface area (Å²) in [6.07, 6.45) is 2.16. The average molecular weight is 554 g/mol. The number of hydrogen-bond acceptors (Lipinski definition) is 10. The summed E-state index contributed by atoms with van der Waals surface area (Å²) in [5, 5.41) is 0.248. The molecule has 1 spiro atoms. The summed E-state index contributed by atoms with van der Waals surface area (Å²) < 4.78 is 53.5. The number of rotatable bonds is 7. The Morgan fingerprint density at radius 2 is 1.76 bits per heavy atom. The van der Waals surface area contributed by atoms with Crippen molar-refractivity contribution < 1.29 is 66.9 Å². The number of benzene rings is 1. The normalized spacial score (nSPS) is 20.3. The second-order valence-corrected chi connectivity index (χ2v) is 10.6. The van der Waals surface area contributed by atoms with E-state index in [9.17, 15) is 4.21 Å². The first-order chi connectivity index (χ1) is 17.9. The molecule has 1 aromatic carbocycles. The summed E-state index contributed by atoms with van der Waals surface area (Å²) >= 11 is 0. The molecule has 0 amide bonds. The Labute approximate surface area is 244 Å². The standard InChI is InChI=1S/C25H28N3O8S.Na/c1-16-19(13-37(29)23-27-17-11-21-22(12-18(17)28-23)32-8-7-31-21)26-5-3-20(16)30-6-4-24(2)35-14-25(15-36-24)33-9-10-34-25;/h3,5,11-12H,4,6-10,13-15H2,1-2H3;/q-1;+1. The first kappa shape index (κ1) is 27.8. The Kier molecular flexibility index (Phi) is 8.32. The van der Waals surface area contributed by atoms with Gasteiger partial charge in [-0.2, -0.15) is 0 Å². The fourth-order valence-corrected chi connectivity index (χ4v) is 5.46. The van der Waals surface area contributed by atoms with E-state index in [0.29, 0.717) is 86.6 Å². The van der Waals surface area contributed by atoms with E-state index in [1.165, 1.54) is 0 Å². The molecule has 38 heavy (non-hydrogen) atoms. The molecule has 3 aliphatic rings. The fourth-order valence-electron chi connectivity index (χ4n) is 4.39. The first-order valence-corrected chi connectivity index (χ1v) is 13.5. The van der Waals surface area contributed by atoms with Gasteiger partial charge in [0, 0.05) is 23.3 Å². The molecule has 2 aromatic heterocycles. The maximum Gasteiger partial charge on any atom is 1.00 e. The van der Waals surface area contributed by atoms with Crippen LogP contribution in [-0.2, 0) is 35.5 Å². The molecule has 1 unspecified atom stereocenters. The van der Waals surface area contributed by atoms with Crippen molar-refractivity contribution in [3.8, 4) is 17.2 Å². The zero-order valence-electron chi connectivity index (χ0n) is 21.7. The molecule has 0 N–H and O–H groups in total. The molecule has 5 heterocycles. The molecule has 2 fully saturated rings. The van der Waals surface area contributed by atoms with Gasteiger partial charge in [-0.25, -0.2) is 0 Å². The summed E-state index contributed by atoms with van der Waals surface area (Å²) in [7, 11) is -1.49. The van der Waals surface area contributed by atoms with Crippen LogP contribution < -0.4 is 48.8 Å². The van der Waals surface area contributed by atoms with E-state index in [1.54, 1.807) is 24.4 Å². The van der Waals surface area contributed by atoms with E-state index in [-0.39, 0.29) is 40.5 Å². The summed E-state index contributed by atoms with van der Waals surface area (Å²) in [5.41, 5.74) is 2.70. The van der Waals surface area contributed by atoms with Crippen LogP contribution in [0.5, 0.6) is 17.2 Å². The second kappa shape index (κ2) is 11.4. The van der Waals surface area contributed by atoms with Gasteiger partial charge in [-0.1, -0.05) is 0 Å². The molecule has 3 aliphatic heterocycles. The van der Waals surface area contributed by atoms with Gasteiger partial charge in [0.25, 0.3) is 0 Å². The van der Waals surface area contributed by atoms with Gasteiger partial charge in [0.2, 0.25) is 5.79 Å². The van der Waals surface area contributed by atoms with Gasteiger partial charge in [-0.15, -0.1) is 0 Å². The van der Waals surface area contributed by atoms with Crippen LogP contribution >= 0.6 is 0 Å². The van der Waals surface area contributed by atoms with Crippen molar-refractivity contribution in [1.29, 1.82) is 0 Å². The number of fused-ring (bicyclic) bond motifs is 2. The van der Waals surface area contributed by atoms with Crippen LogP contribution in [0.3, 0.4) is 0 Å². The topological polar surface area (TPSA) is 122 Å². The Balaban J connectivity index is 0.00000294. The number of pyridine rings is 1. The molecule has 6 rings (SSSR count). The van der Waals surface area contributed by atoms with Crippen molar-refractivity contribution in [2.45, 2.75) is 42.8 Å². The van der Waals surface area contributed by atoms with E-state index in [4.69, 9.17) is 33.2 Å². The predicted molar refractivity (Wildman–Crippen MR) is 130 cm³/mol. The minimum Gasteiger partial charge on any atom is -0.493 e. The molecule has 3 aromatic rings. The van der Waals surface area contributed by atoms with Crippen LogP contribution in [0.15, 0.2) is 29.6 Å². The van der Waals surface area contributed by atoms with Crippen LogP contribution in [0, 0.1) is 6.92 Å². The zero-order valence-corrected chi connectivity index (χ0v) is 24.5. The third-order valence-electron chi connectivity index (χ3n) is 6.62. The molecular weight excluding hydrogens is 525 g/mol. The fraction of sp³-hybridized carbons (Fsp3) is 0.520. The number of hydrogen-bond donors (Lipinski definition) is 0. The third kappa shape index (κ3) is 5.73. The van der Waals surface area contributed by atoms with E-state index >= 15 is 0 Å². The molecule has 0 radical (unpaired) electrons. The maximum absolute atomic E-state index is 13.1. The SMILES string of the molecule is Cc1c(OCCC2(C)OCC3(CO2)OCCO3)ccnc1CS(=O)c1nc2cc3c(cc2[n-]1)OCCO3.[Na+]. The van der Waals surface area contributed by atoms with Crippen molar-refractivity contribution in [3.63, 3.8) is 0 Å². The van der Waals surface area contributed by atoms with Crippen LogP contribution in [0.2, 0.25) is 0 Å². The summed E-state index contributed by atoms with van der Waals surface area (Å²) in [6, 6.07) is 5.33. The molecule has 2 saturated heterocycles. The van der Waals surface area contributed by atoms with Gasteiger partial charge in [-0.3, -0.25) is 9.19 Å². The molecule has 0 saturated carbocycles. The summed E-state index contributed by atoms with van der Waals surface area (Å²) in [6.45, 7) is 6.83. The van der Waals surface area contributed by atoms with Gasteiger partial charge in [-0.05, 0) is 43.1 Å². The van der Waals surface area contributed by atoms with E-state index in [1.807, 2.05) is 13.8 Å². The van der Waals surface area contributed by atoms with Gasteiger partial charge in [0.15, 0.2) is 17.3 Å². The zero-order chi connectivity index (χ0) is 25.5. The average Bonchev–Trinajstić information content (AvgIpc) is 3.54. The van der Waals surface area contributed by atoms with Crippen molar-refractivity contribution in [2.75, 3.05) is 46.2 Å². The number of ether oxygens (including phenoxy) is 7. The monoisotopic (exact) mass is 553 g/mol. The predicted octanol–water partition coefficient (Wildman–Crippen LogP) is -0.747. The number of nitrogens with zero attached hydrogens (tertiary/aromatic N) is 3. The first-order valence-electron chi connectivity index (χ1n) is 12.2. The van der Waals surface area contributed by atoms with E-state index in [2.05, 4.69) is 15.0 Å². The molecule has 11 nitrogen and oxygen atoms in total. The van der Waals surface area contributed by atoms with Gasteiger partial charge in [0.05, 0.1) is 42.1 Å². The van der Waals surface area contributed by atoms with E-state index in [0.717, 1.165) is 5.56 Å². The summed E-state index contributed by atoms with van der Waals surface area (Å²) in [4.78, 5) is 13.3. The third-order valence-corrected chi connectivity index (χ3v) is 7.75. The molecule has 198 valence electrons. The summed E-state index contributed by atoms with van der Waals surface area (Å²) in [5.74, 6) is 0.490. The van der Waals surface area contributed by atoms with Crippen LogP contribution in [0.1, 0.15) is 24.6 Å². The number of aromatic nitrogens is 3. The molecule has 1 atom stereocenters. The second-order valence-electron chi connectivity index (χ2n) is 9.28. The quantitative estimate of drug-likeness (QED) is 0.344. The molecule has 13 heteroatoms. The van der Waals surface area contributed by atoms with Crippen molar-refractivity contribution in [2.24, 2.45) is 0 Å². The van der Waals surface area contributed by atoms with Crippen molar-refractivity contribution in [3.05, 3.63) is 35.7 Å². The van der Waals surface area contributed by atoms with Crippen LogP contribution in [0.25, 0.3) is 11.0 Å². The largest absolute Gasteiger partial charge is 1.00 e. The molecule has 0 bridgehead atoms. The molecule has 0 aliphatic carbocycles. The maximum atomic E-state index is 13.1. The van der Waals surface area contributed by atoms with Crippen molar-refractivity contribution in [1.82, 2.24) is 15.0 Å². The Morgan fingerprint density at radius 3 is 2.50 bits per heavy atom. The minimum absolute atomic E-state index is 0. The van der Waals surface area contributed by atoms with Gasteiger partial charge in [0.1, 0.15) is 32.2 Å². The minimum atomic E-state index is -1.49. The van der Waals surface area contributed by atoms with Gasteiger partial charge >= 0.3 is 29.6 Å². The van der Waals surface area contributed by atoms with Crippen LogP contribution in [0.4, 0.5) is 0 Å². The molecular formula is C25H28N3NaO8S. The van der Waals surface area contributed by atoms with Crippen molar-refractivity contribution >= 4 is 21.8 Å². The van der Waals surface area contributed by atoms with Crippen LogP contribution in [-0.4, -0.2) is 72.0 Å². The van der Waals surface area contributed by atoms with Gasteiger partial charge < -0.3 is 43.1 Å². The number of imidazole rings is 1. The Hall–Kier alpha value is -1.77. The smallest absolute Gasteiger partial charge is 0.493 e. The Morgan fingerprint density at radius 1 is 1.05 bits per heavy atom. The Bertz CT molecular complexity index is 1280. The van der Waals surface area contributed by atoms with E-state index < -0.39 is 22.4 Å².